The minimum Gasteiger partial charge on any atom is -0.293 e. The second kappa shape index (κ2) is 5.94. The quantitative estimate of drug-likeness (QED) is 0.504. The fraction of sp³-hybridized carbons (Fsp3) is 0.562. The van der Waals surface area contributed by atoms with E-state index in [0.717, 1.165) is 25.1 Å². The van der Waals surface area contributed by atoms with Crippen LogP contribution in [0.5, 0.6) is 0 Å². The van der Waals surface area contributed by atoms with E-state index in [1.807, 2.05) is 30.3 Å². The molecular weight excluding hydrogens is 250 g/mol. The lowest BCUT2D eigenvalue weighted by Crippen LogP contribution is -2.43. The Morgan fingerprint density at radius 3 is 2.50 bits per heavy atom. The second-order valence-corrected chi connectivity index (χ2v) is 6.67. The fourth-order valence-corrected chi connectivity index (χ4v) is 2.97. The maximum absolute atomic E-state index is 12.2. The van der Waals surface area contributed by atoms with E-state index in [9.17, 15) is 4.79 Å². The second-order valence-electron chi connectivity index (χ2n) is 6.67. The van der Waals surface area contributed by atoms with E-state index in [1.165, 1.54) is 0 Å². The van der Waals surface area contributed by atoms with Gasteiger partial charge < -0.3 is 0 Å². The fourth-order valence-electron chi connectivity index (χ4n) is 2.97. The summed E-state index contributed by atoms with van der Waals surface area (Å²) in [7, 11) is 0. The van der Waals surface area contributed by atoms with Crippen molar-refractivity contribution in [2.24, 2.45) is 17.2 Å². The Bertz CT molecular complexity index is 453. The highest BCUT2D eigenvalue weighted by molar-refractivity contribution is 5.82. The van der Waals surface area contributed by atoms with Crippen LogP contribution < -0.4 is 11.3 Å². The number of nitrogens with zero attached hydrogens (tertiary/aromatic N) is 1. The highest BCUT2D eigenvalue weighted by atomic mass is 16.2. The van der Waals surface area contributed by atoms with Gasteiger partial charge in [-0.15, -0.1) is 0 Å². The van der Waals surface area contributed by atoms with E-state index in [0.29, 0.717) is 5.92 Å². The normalized spacial score (nSPS) is 21.7. The first-order valence-corrected chi connectivity index (χ1v) is 7.23. The molecule has 3 N–H and O–H groups in total. The molecule has 4 heteroatoms. The zero-order chi connectivity index (χ0) is 14.8. The Balaban J connectivity index is 2.20. The molecule has 2 rings (SSSR count). The Hall–Kier alpha value is -1.39. The standard InChI is InChI=1S/C16H25N3O/c1-16(2,3)13-9-10-19(11-13)14(15(20)18-17)12-7-5-4-6-8-12/h4-8,13-14H,9-11,17H2,1-3H3,(H,18,20). The van der Waals surface area contributed by atoms with Crippen LogP contribution in [0.25, 0.3) is 0 Å². The monoisotopic (exact) mass is 275 g/mol. The number of nitrogens with one attached hydrogen (secondary N) is 1. The van der Waals surface area contributed by atoms with Gasteiger partial charge in [0.2, 0.25) is 0 Å². The summed E-state index contributed by atoms with van der Waals surface area (Å²) >= 11 is 0. The highest BCUT2D eigenvalue weighted by Gasteiger charge is 2.37. The number of carbonyl (C=O) groups excluding carboxylic acids is 1. The average Bonchev–Trinajstić information content (AvgIpc) is 2.89. The molecule has 20 heavy (non-hydrogen) atoms. The third kappa shape index (κ3) is 3.19. The molecule has 1 aliphatic rings. The first kappa shape index (κ1) is 15.0. The maximum atomic E-state index is 12.2. The first-order chi connectivity index (χ1) is 9.43. The summed E-state index contributed by atoms with van der Waals surface area (Å²) in [4.78, 5) is 14.4. The Labute approximate surface area is 121 Å². The molecule has 1 aliphatic heterocycles. The van der Waals surface area contributed by atoms with Gasteiger partial charge in [-0.2, -0.15) is 0 Å². The van der Waals surface area contributed by atoms with Crippen molar-refractivity contribution in [3.05, 3.63) is 35.9 Å². The summed E-state index contributed by atoms with van der Waals surface area (Å²) in [6, 6.07) is 9.58. The molecule has 110 valence electrons. The average molecular weight is 275 g/mol. The van der Waals surface area contributed by atoms with Gasteiger partial charge in [0.15, 0.2) is 0 Å². The molecule has 2 atom stereocenters. The third-order valence-electron chi connectivity index (χ3n) is 4.32. The summed E-state index contributed by atoms with van der Waals surface area (Å²) in [5, 5.41) is 0. The van der Waals surface area contributed by atoms with Crippen LogP contribution in [0.2, 0.25) is 0 Å². The van der Waals surface area contributed by atoms with E-state index >= 15 is 0 Å². The molecule has 1 aromatic rings. The number of hydrogen-bond donors (Lipinski definition) is 2. The van der Waals surface area contributed by atoms with E-state index in [2.05, 4.69) is 31.1 Å². The summed E-state index contributed by atoms with van der Waals surface area (Å²) in [5.74, 6) is 5.85. The predicted molar refractivity (Wildman–Crippen MR) is 80.6 cm³/mol. The first-order valence-electron chi connectivity index (χ1n) is 7.23. The van der Waals surface area contributed by atoms with Crippen LogP contribution in [0, 0.1) is 11.3 Å². The smallest absolute Gasteiger partial charge is 0.255 e. The van der Waals surface area contributed by atoms with Crippen LogP contribution in [0.3, 0.4) is 0 Å². The molecule has 0 radical (unpaired) electrons. The molecule has 1 saturated heterocycles. The molecule has 0 aliphatic carbocycles. The number of nitrogens with two attached hydrogens (primary N) is 1. The molecule has 1 aromatic carbocycles. The zero-order valence-corrected chi connectivity index (χ0v) is 12.6. The molecule has 0 saturated carbocycles. The molecule has 1 fully saturated rings. The number of amides is 1. The molecule has 0 spiro atoms. The minimum atomic E-state index is -0.284. The number of hydrogen-bond acceptors (Lipinski definition) is 3. The largest absolute Gasteiger partial charge is 0.293 e. The number of hydrazine groups is 1. The van der Waals surface area contributed by atoms with Crippen molar-refractivity contribution in [2.45, 2.75) is 33.2 Å². The van der Waals surface area contributed by atoms with Gasteiger partial charge in [-0.1, -0.05) is 51.1 Å². The molecule has 0 bridgehead atoms. The number of likely N-dealkylation sites (tertiary alicyclic amines) is 1. The SMILES string of the molecule is CC(C)(C)C1CCN(C(C(=O)NN)c2ccccc2)C1. The van der Waals surface area contributed by atoms with Gasteiger partial charge in [0.05, 0.1) is 0 Å². The summed E-state index contributed by atoms with van der Waals surface area (Å²) in [5.41, 5.74) is 3.59. The van der Waals surface area contributed by atoms with Crippen molar-refractivity contribution >= 4 is 5.91 Å². The maximum Gasteiger partial charge on any atom is 0.255 e. The third-order valence-corrected chi connectivity index (χ3v) is 4.32. The predicted octanol–water partition coefficient (Wildman–Crippen LogP) is 2.09. The van der Waals surface area contributed by atoms with Crippen molar-refractivity contribution in [1.82, 2.24) is 10.3 Å². The summed E-state index contributed by atoms with van der Waals surface area (Å²) in [6.07, 6.45) is 1.13. The van der Waals surface area contributed by atoms with Crippen LogP contribution in [0.4, 0.5) is 0 Å². The lowest BCUT2D eigenvalue weighted by atomic mass is 9.80. The summed E-state index contributed by atoms with van der Waals surface area (Å²) in [6.45, 7) is 8.68. The molecule has 2 unspecified atom stereocenters. The van der Waals surface area contributed by atoms with Crippen molar-refractivity contribution < 1.29 is 4.79 Å². The van der Waals surface area contributed by atoms with Gasteiger partial charge in [0.25, 0.3) is 5.91 Å². The number of carbonyl (C=O) groups is 1. The van der Waals surface area contributed by atoms with Crippen LogP contribution >= 0.6 is 0 Å². The topological polar surface area (TPSA) is 58.4 Å². The lowest BCUT2D eigenvalue weighted by molar-refractivity contribution is -0.126. The zero-order valence-electron chi connectivity index (χ0n) is 12.6. The molecule has 1 heterocycles. The lowest BCUT2D eigenvalue weighted by Gasteiger charge is -2.30. The van der Waals surface area contributed by atoms with E-state index in [1.54, 1.807) is 0 Å². The van der Waals surface area contributed by atoms with Crippen molar-refractivity contribution in [1.29, 1.82) is 0 Å². The molecule has 4 nitrogen and oxygen atoms in total. The number of rotatable bonds is 3. The van der Waals surface area contributed by atoms with Gasteiger partial charge in [-0.3, -0.25) is 15.1 Å². The molecule has 1 amide bonds. The van der Waals surface area contributed by atoms with Crippen molar-refractivity contribution in [3.8, 4) is 0 Å². The van der Waals surface area contributed by atoms with Gasteiger partial charge >= 0.3 is 0 Å². The Kier molecular flexibility index (Phi) is 4.45. The van der Waals surface area contributed by atoms with Crippen LogP contribution in [-0.4, -0.2) is 23.9 Å². The molecule has 0 aromatic heterocycles. The molecular formula is C16H25N3O. The van der Waals surface area contributed by atoms with Crippen molar-refractivity contribution in [3.63, 3.8) is 0 Å². The van der Waals surface area contributed by atoms with Crippen LogP contribution in [0.1, 0.15) is 38.8 Å². The van der Waals surface area contributed by atoms with E-state index in [4.69, 9.17) is 5.84 Å². The number of benzene rings is 1. The Morgan fingerprint density at radius 2 is 2.00 bits per heavy atom. The van der Waals surface area contributed by atoms with Crippen LogP contribution in [0.15, 0.2) is 30.3 Å². The van der Waals surface area contributed by atoms with Gasteiger partial charge in [-0.05, 0) is 29.9 Å². The van der Waals surface area contributed by atoms with E-state index in [-0.39, 0.29) is 17.4 Å². The summed E-state index contributed by atoms with van der Waals surface area (Å²) < 4.78 is 0. The Morgan fingerprint density at radius 1 is 1.35 bits per heavy atom. The highest BCUT2D eigenvalue weighted by Crippen LogP contribution is 2.37. The van der Waals surface area contributed by atoms with Gasteiger partial charge in [0.1, 0.15) is 6.04 Å². The minimum absolute atomic E-state index is 0.134. The van der Waals surface area contributed by atoms with Gasteiger partial charge in [-0.25, -0.2) is 5.84 Å². The van der Waals surface area contributed by atoms with Crippen LogP contribution in [-0.2, 0) is 4.79 Å². The van der Waals surface area contributed by atoms with Gasteiger partial charge in [0, 0.05) is 6.54 Å². The van der Waals surface area contributed by atoms with E-state index < -0.39 is 0 Å². The van der Waals surface area contributed by atoms with Crippen molar-refractivity contribution in [2.75, 3.05) is 13.1 Å².